The van der Waals surface area contributed by atoms with Crippen LogP contribution in [0.2, 0.25) is 0 Å². The number of phenols is 1. The lowest BCUT2D eigenvalue weighted by Gasteiger charge is -2.32. The van der Waals surface area contributed by atoms with Crippen LogP contribution in [0.4, 0.5) is 0 Å². The molecule has 1 unspecified atom stereocenters. The SMILES string of the molecule is CC(C)N(CCC(c1ccccc1)c1cc(CCCO)ccc1O)C(C)C. The molecule has 0 amide bonds. The first-order valence-electron chi connectivity index (χ1n) is 10.2. The number of aromatic hydroxyl groups is 1. The molecular weight excluding hydrogens is 334 g/mol. The van der Waals surface area contributed by atoms with Gasteiger partial charge in [0, 0.05) is 30.2 Å². The molecular formula is C24H35NO2. The van der Waals surface area contributed by atoms with Crippen molar-refractivity contribution in [2.75, 3.05) is 13.2 Å². The van der Waals surface area contributed by atoms with Gasteiger partial charge < -0.3 is 10.2 Å². The molecule has 2 N–H and O–H groups in total. The minimum absolute atomic E-state index is 0.153. The Morgan fingerprint density at radius 1 is 0.926 bits per heavy atom. The van der Waals surface area contributed by atoms with Gasteiger partial charge in [0.25, 0.3) is 0 Å². The molecule has 3 heteroatoms. The fourth-order valence-corrected chi connectivity index (χ4v) is 3.90. The molecule has 0 fully saturated rings. The number of rotatable bonds is 10. The van der Waals surface area contributed by atoms with Gasteiger partial charge in [-0.05, 0) is 70.7 Å². The van der Waals surface area contributed by atoms with E-state index < -0.39 is 0 Å². The number of benzene rings is 2. The number of aliphatic hydroxyl groups is 1. The maximum Gasteiger partial charge on any atom is 0.119 e. The highest BCUT2D eigenvalue weighted by Crippen LogP contribution is 2.35. The van der Waals surface area contributed by atoms with Crippen LogP contribution in [0.1, 0.15) is 63.1 Å². The number of aliphatic hydroxyl groups excluding tert-OH is 1. The maximum atomic E-state index is 10.6. The lowest BCUT2D eigenvalue weighted by molar-refractivity contribution is 0.170. The maximum absolute atomic E-state index is 10.6. The molecule has 0 aliphatic heterocycles. The number of aryl methyl sites for hydroxylation is 1. The highest BCUT2D eigenvalue weighted by Gasteiger charge is 2.21. The molecule has 0 saturated heterocycles. The Balaban J connectivity index is 2.33. The molecule has 148 valence electrons. The Labute approximate surface area is 164 Å². The van der Waals surface area contributed by atoms with E-state index in [1.807, 2.05) is 12.1 Å². The van der Waals surface area contributed by atoms with Crippen molar-refractivity contribution in [3.8, 4) is 5.75 Å². The van der Waals surface area contributed by atoms with Gasteiger partial charge in [-0.2, -0.15) is 0 Å². The van der Waals surface area contributed by atoms with E-state index in [4.69, 9.17) is 5.11 Å². The first kappa shape index (κ1) is 21.5. The monoisotopic (exact) mass is 369 g/mol. The van der Waals surface area contributed by atoms with Crippen LogP contribution < -0.4 is 0 Å². The molecule has 0 aliphatic rings. The normalized spacial score (nSPS) is 12.9. The highest BCUT2D eigenvalue weighted by atomic mass is 16.3. The van der Waals surface area contributed by atoms with E-state index in [1.165, 1.54) is 11.1 Å². The smallest absolute Gasteiger partial charge is 0.119 e. The third-order valence-corrected chi connectivity index (χ3v) is 5.30. The molecule has 0 aromatic heterocycles. The molecule has 0 saturated carbocycles. The summed E-state index contributed by atoms with van der Waals surface area (Å²) in [5.41, 5.74) is 3.39. The lowest BCUT2D eigenvalue weighted by Crippen LogP contribution is -2.38. The van der Waals surface area contributed by atoms with E-state index in [0.717, 1.165) is 31.4 Å². The van der Waals surface area contributed by atoms with Gasteiger partial charge in [0.1, 0.15) is 5.75 Å². The second kappa shape index (κ2) is 10.5. The van der Waals surface area contributed by atoms with Crippen molar-refractivity contribution in [3.63, 3.8) is 0 Å². The van der Waals surface area contributed by atoms with Gasteiger partial charge in [-0.25, -0.2) is 0 Å². The van der Waals surface area contributed by atoms with Crippen molar-refractivity contribution in [3.05, 3.63) is 65.2 Å². The molecule has 0 aliphatic carbocycles. The molecule has 2 aromatic carbocycles. The Morgan fingerprint density at radius 3 is 2.19 bits per heavy atom. The fraction of sp³-hybridized carbons (Fsp3) is 0.500. The van der Waals surface area contributed by atoms with Crippen LogP contribution in [0.25, 0.3) is 0 Å². The summed E-state index contributed by atoms with van der Waals surface area (Å²) in [6.07, 6.45) is 2.53. The van der Waals surface area contributed by atoms with Gasteiger partial charge in [0.15, 0.2) is 0 Å². The number of phenolic OH excluding ortho intramolecular Hbond substituents is 1. The average Bonchev–Trinajstić information content (AvgIpc) is 2.65. The molecule has 1 atom stereocenters. The summed E-state index contributed by atoms with van der Waals surface area (Å²) >= 11 is 0. The zero-order valence-electron chi connectivity index (χ0n) is 17.2. The summed E-state index contributed by atoms with van der Waals surface area (Å²) in [4.78, 5) is 2.50. The van der Waals surface area contributed by atoms with Crippen LogP contribution in [-0.2, 0) is 6.42 Å². The molecule has 0 spiro atoms. The van der Waals surface area contributed by atoms with E-state index >= 15 is 0 Å². The van der Waals surface area contributed by atoms with Gasteiger partial charge >= 0.3 is 0 Å². The summed E-state index contributed by atoms with van der Waals surface area (Å²) in [6, 6.07) is 17.3. The second-order valence-electron chi connectivity index (χ2n) is 7.90. The second-order valence-corrected chi connectivity index (χ2v) is 7.90. The third-order valence-electron chi connectivity index (χ3n) is 5.30. The number of hydrogen-bond acceptors (Lipinski definition) is 3. The minimum Gasteiger partial charge on any atom is -0.508 e. The summed E-state index contributed by atoms with van der Waals surface area (Å²) in [6.45, 7) is 10.1. The lowest BCUT2D eigenvalue weighted by atomic mass is 9.86. The van der Waals surface area contributed by atoms with Crippen LogP contribution in [0.5, 0.6) is 5.75 Å². The zero-order valence-corrected chi connectivity index (χ0v) is 17.2. The predicted octanol–water partition coefficient (Wildman–Crippen LogP) is 4.96. The van der Waals surface area contributed by atoms with E-state index in [1.54, 1.807) is 6.07 Å². The van der Waals surface area contributed by atoms with Gasteiger partial charge in [0.05, 0.1) is 0 Å². The van der Waals surface area contributed by atoms with E-state index in [0.29, 0.717) is 17.8 Å². The third kappa shape index (κ3) is 6.08. The predicted molar refractivity (Wildman–Crippen MR) is 113 cm³/mol. The standard InChI is InChI=1S/C24H35NO2/c1-18(2)25(19(3)4)15-14-22(21-10-6-5-7-11-21)23-17-20(9-8-16-26)12-13-24(23)27/h5-7,10-13,17-19,22,26-27H,8-9,14-16H2,1-4H3. The van der Waals surface area contributed by atoms with Gasteiger partial charge in [-0.15, -0.1) is 0 Å². The first-order valence-corrected chi connectivity index (χ1v) is 10.2. The van der Waals surface area contributed by atoms with Crippen molar-refractivity contribution < 1.29 is 10.2 Å². The van der Waals surface area contributed by atoms with Gasteiger partial charge in [-0.3, -0.25) is 4.90 Å². The van der Waals surface area contributed by atoms with Crippen molar-refractivity contribution in [1.82, 2.24) is 4.90 Å². The molecule has 2 aromatic rings. The average molecular weight is 370 g/mol. The summed E-state index contributed by atoms with van der Waals surface area (Å²) in [7, 11) is 0. The zero-order chi connectivity index (χ0) is 19.8. The highest BCUT2D eigenvalue weighted by molar-refractivity contribution is 5.43. The Bertz CT molecular complexity index is 674. The van der Waals surface area contributed by atoms with Crippen LogP contribution in [-0.4, -0.2) is 40.3 Å². The quantitative estimate of drug-likeness (QED) is 0.622. The van der Waals surface area contributed by atoms with Crippen LogP contribution in [0, 0.1) is 0 Å². The van der Waals surface area contributed by atoms with E-state index in [2.05, 4.69) is 62.9 Å². The number of nitrogens with zero attached hydrogens (tertiary/aromatic N) is 1. The molecule has 27 heavy (non-hydrogen) atoms. The largest absolute Gasteiger partial charge is 0.508 e. The molecule has 0 heterocycles. The molecule has 3 nitrogen and oxygen atoms in total. The topological polar surface area (TPSA) is 43.7 Å². The van der Waals surface area contributed by atoms with Crippen LogP contribution in [0.15, 0.2) is 48.5 Å². The fourth-order valence-electron chi connectivity index (χ4n) is 3.90. The molecule has 0 bridgehead atoms. The molecule has 0 radical (unpaired) electrons. The summed E-state index contributed by atoms with van der Waals surface area (Å²) in [5, 5.41) is 19.7. The first-order chi connectivity index (χ1) is 12.9. The summed E-state index contributed by atoms with van der Waals surface area (Å²) in [5.74, 6) is 0.512. The minimum atomic E-state index is 0.153. The van der Waals surface area contributed by atoms with Crippen molar-refractivity contribution in [1.29, 1.82) is 0 Å². The van der Waals surface area contributed by atoms with Crippen LogP contribution >= 0.6 is 0 Å². The Morgan fingerprint density at radius 2 is 1.59 bits per heavy atom. The van der Waals surface area contributed by atoms with E-state index in [9.17, 15) is 5.11 Å². The van der Waals surface area contributed by atoms with Crippen molar-refractivity contribution in [2.24, 2.45) is 0 Å². The van der Waals surface area contributed by atoms with Crippen molar-refractivity contribution in [2.45, 2.75) is 65.0 Å². The van der Waals surface area contributed by atoms with Crippen molar-refractivity contribution >= 4 is 0 Å². The number of hydrogen-bond donors (Lipinski definition) is 2. The van der Waals surface area contributed by atoms with Gasteiger partial charge in [-0.1, -0.05) is 42.5 Å². The molecule has 2 rings (SSSR count). The Hall–Kier alpha value is -1.84. The summed E-state index contributed by atoms with van der Waals surface area (Å²) < 4.78 is 0. The van der Waals surface area contributed by atoms with E-state index in [-0.39, 0.29) is 12.5 Å². The van der Waals surface area contributed by atoms with Crippen LogP contribution in [0.3, 0.4) is 0 Å². The van der Waals surface area contributed by atoms with Gasteiger partial charge in [0.2, 0.25) is 0 Å². The Kier molecular flexibility index (Phi) is 8.33.